The van der Waals surface area contributed by atoms with Crippen molar-refractivity contribution in [3.8, 4) is 0 Å². The van der Waals surface area contributed by atoms with E-state index in [4.69, 9.17) is 10.8 Å². The maximum Gasteiger partial charge on any atom is 0.269 e. The van der Waals surface area contributed by atoms with Crippen LogP contribution in [0.2, 0.25) is 0 Å². The van der Waals surface area contributed by atoms with E-state index in [0.717, 1.165) is 17.7 Å². The van der Waals surface area contributed by atoms with Gasteiger partial charge in [0.25, 0.3) is 5.91 Å². The summed E-state index contributed by atoms with van der Waals surface area (Å²) in [4.78, 5) is 25.2. The summed E-state index contributed by atoms with van der Waals surface area (Å²) in [7, 11) is 1.71. The van der Waals surface area contributed by atoms with Crippen molar-refractivity contribution in [2.45, 2.75) is 0 Å². The van der Waals surface area contributed by atoms with E-state index in [0.29, 0.717) is 23.0 Å². The van der Waals surface area contributed by atoms with Crippen LogP contribution in [0.15, 0.2) is 82.4 Å². The average Bonchev–Trinajstić information content (AvgIpc) is 2.87. The van der Waals surface area contributed by atoms with Crippen molar-refractivity contribution in [2.75, 3.05) is 36.7 Å². The third-order valence-corrected chi connectivity index (χ3v) is 5.54. The molecule has 0 unspecified atom stereocenters. The number of aliphatic imine (C=N–C) groups is 1. The Balaban J connectivity index is 0.000000287. The number of benzene rings is 3. The molecular formula is C25H29N5O3S. The van der Waals surface area contributed by atoms with Gasteiger partial charge in [0.05, 0.1) is 12.5 Å². The number of fused-ring (bicyclic) bond motifs is 1. The molecule has 0 spiro atoms. The van der Waals surface area contributed by atoms with Crippen LogP contribution in [-0.2, 0) is 4.79 Å². The summed E-state index contributed by atoms with van der Waals surface area (Å²) in [5.41, 5.74) is 7.99. The van der Waals surface area contributed by atoms with Gasteiger partial charge in [-0.25, -0.2) is 0 Å². The zero-order valence-electron chi connectivity index (χ0n) is 19.0. The summed E-state index contributed by atoms with van der Waals surface area (Å²) in [6, 6.07) is 21.4. The largest absolute Gasteiger partial charge is 0.395 e. The minimum atomic E-state index is -0.599. The average molecular weight is 480 g/mol. The first-order chi connectivity index (χ1) is 16.5. The molecule has 0 aliphatic carbocycles. The minimum absolute atomic E-state index is 0.107. The number of rotatable bonds is 11. The lowest BCUT2D eigenvalue weighted by Gasteiger charge is -2.11. The first-order valence-electron chi connectivity index (χ1n) is 10.5. The van der Waals surface area contributed by atoms with E-state index in [1.807, 2.05) is 18.2 Å². The van der Waals surface area contributed by atoms with Gasteiger partial charge in [-0.3, -0.25) is 14.6 Å². The second kappa shape index (κ2) is 14.4. The Labute approximate surface area is 203 Å². The summed E-state index contributed by atoms with van der Waals surface area (Å²) in [5.74, 6) is -0.0292. The molecule has 0 aromatic heterocycles. The highest BCUT2D eigenvalue weighted by Gasteiger charge is 2.10. The third-order valence-electron chi connectivity index (χ3n) is 4.56. The Morgan fingerprint density at radius 2 is 1.74 bits per heavy atom. The van der Waals surface area contributed by atoms with Gasteiger partial charge in [0.2, 0.25) is 0 Å². The number of nitrogens with zero attached hydrogens (tertiary/aromatic N) is 1. The van der Waals surface area contributed by atoms with Gasteiger partial charge in [0.1, 0.15) is 11.3 Å². The van der Waals surface area contributed by atoms with Crippen LogP contribution in [0.3, 0.4) is 0 Å². The minimum Gasteiger partial charge on any atom is -0.395 e. The molecule has 178 valence electrons. The van der Waals surface area contributed by atoms with Gasteiger partial charge in [-0.1, -0.05) is 42.1 Å². The number of hydrogen-bond acceptors (Lipinski definition) is 8. The molecule has 3 aromatic carbocycles. The fourth-order valence-electron chi connectivity index (χ4n) is 2.89. The second-order valence-corrected chi connectivity index (χ2v) is 7.85. The van der Waals surface area contributed by atoms with Crippen LogP contribution in [0.5, 0.6) is 0 Å². The van der Waals surface area contributed by atoms with Crippen molar-refractivity contribution in [2.24, 2.45) is 10.7 Å². The summed E-state index contributed by atoms with van der Waals surface area (Å²) < 4.78 is 0. The number of amides is 1. The number of nitrogens with one attached hydrogen (secondary N) is 3. The molecule has 6 N–H and O–H groups in total. The number of anilines is 2. The zero-order chi connectivity index (χ0) is 24.8. The van der Waals surface area contributed by atoms with Crippen molar-refractivity contribution in [3.05, 3.63) is 83.0 Å². The molecule has 0 bridgehead atoms. The summed E-state index contributed by atoms with van der Waals surface area (Å²) >= 11 is 1.41. The first-order valence-corrected chi connectivity index (χ1v) is 11.4. The van der Waals surface area contributed by atoms with Gasteiger partial charge in [0.15, 0.2) is 5.70 Å². The van der Waals surface area contributed by atoms with Crippen LogP contribution >= 0.6 is 11.8 Å². The van der Waals surface area contributed by atoms with Crippen LogP contribution in [-0.4, -0.2) is 50.1 Å². The Morgan fingerprint density at radius 1 is 1.06 bits per heavy atom. The van der Waals surface area contributed by atoms with Crippen LogP contribution in [0.4, 0.5) is 11.4 Å². The summed E-state index contributed by atoms with van der Waals surface area (Å²) in [6.45, 7) is 4.00. The van der Waals surface area contributed by atoms with Gasteiger partial charge in [-0.2, -0.15) is 0 Å². The number of aldehydes is 1. The Morgan fingerprint density at radius 3 is 2.32 bits per heavy atom. The lowest BCUT2D eigenvalue weighted by molar-refractivity contribution is -0.114. The maximum absolute atomic E-state index is 11.3. The fraction of sp³-hybridized carbons (Fsp3) is 0.160. The fourth-order valence-corrected chi connectivity index (χ4v) is 3.72. The molecule has 34 heavy (non-hydrogen) atoms. The Kier molecular flexibility index (Phi) is 11.2. The highest BCUT2D eigenvalue weighted by molar-refractivity contribution is 8.03. The number of carbonyl (C=O) groups is 2. The highest BCUT2D eigenvalue weighted by Crippen LogP contribution is 2.22. The van der Waals surface area contributed by atoms with E-state index in [9.17, 15) is 9.59 Å². The molecule has 9 heteroatoms. The molecular weight excluding hydrogens is 450 g/mol. The van der Waals surface area contributed by atoms with Crippen molar-refractivity contribution < 1.29 is 14.7 Å². The highest BCUT2D eigenvalue weighted by atomic mass is 32.2. The van der Waals surface area contributed by atoms with Crippen molar-refractivity contribution in [3.63, 3.8) is 0 Å². The normalized spacial score (nSPS) is 10.9. The number of nitrogens with two attached hydrogens (primary N) is 1. The number of hydrogen-bond donors (Lipinski definition) is 5. The third kappa shape index (κ3) is 8.27. The SMILES string of the molecule is C=N/C(C(N)=O)=C(/NC)SCNc1ccc2ccccc2c1.O=Cc1ccc(NCCO)cc1. The zero-order valence-corrected chi connectivity index (χ0v) is 19.8. The molecule has 8 nitrogen and oxygen atoms in total. The molecule has 0 aliphatic rings. The number of carbonyl (C=O) groups excluding carboxylic acids is 2. The molecule has 0 saturated heterocycles. The number of aliphatic hydroxyl groups is 1. The predicted octanol–water partition coefficient (Wildman–Crippen LogP) is 3.42. The van der Waals surface area contributed by atoms with Crippen molar-refractivity contribution in [1.82, 2.24) is 5.32 Å². The van der Waals surface area contributed by atoms with E-state index in [2.05, 4.69) is 51.9 Å². The topological polar surface area (TPSA) is 129 Å². The second-order valence-electron chi connectivity index (χ2n) is 6.87. The van der Waals surface area contributed by atoms with E-state index in [-0.39, 0.29) is 12.3 Å². The molecule has 0 heterocycles. The molecule has 0 fully saturated rings. The molecule has 1 amide bonds. The van der Waals surface area contributed by atoms with E-state index in [1.54, 1.807) is 31.3 Å². The molecule has 0 atom stereocenters. The Bertz CT molecular complexity index is 1130. The predicted molar refractivity (Wildman–Crippen MR) is 142 cm³/mol. The van der Waals surface area contributed by atoms with Crippen LogP contribution in [0, 0.1) is 0 Å². The van der Waals surface area contributed by atoms with Gasteiger partial charge in [0, 0.05) is 30.5 Å². The van der Waals surface area contributed by atoms with E-state index in [1.165, 1.54) is 22.5 Å². The van der Waals surface area contributed by atoms with Crippen LogP contribution in [0.1, 0.15) is 10.4 Å². The number of aliphatic hydroxyl groups excluding tert-OH is 1. The van der Waals surface area contributed by atoms with Crippen LogP contribution < -0.4 is 21.7 Å². The summed E-state index contributed by atoms with van der Waals surface area (Å²) in [5, 5.41) is 20.7. The van der Waals surface area contributed by atoms with E-state index < -0.39 is 5.91 Å². The van der Waals surface area contributed by atoms with Gasteiger partial charge in [-0.05, 0) is 53.9 Å². The number of primary amides is 1. The lowest BCUT2D eigenvalue weighted by Crippen LogP contribution is -2.19. The van der Waals surface area contributed by atoms with Gasteiger partial charge in [-0.15, -0.1) is 0 Å². The van der Waals surface area contributed by atoms with Crippen molar-refractivity contribution >= 4 is 52.8 Å². The molecule has 0 radical (unpaired) electrons. The van der Waals surface area contributed by atoms with Gasteiger partial charge >= 0.3 is 0 Å². The van der Waals surface area contributed by atoms with Gasteiger partial charge < -0.3 is 26.8 Å². The molecule has 3 aromatic rings. The first kappa shape index (κ1) is 26.4. The molecule has 0 saturated carbocycles. The summed E-state index contributed by atoms with van der Waals surface area (Å²) in [6.07, 6.45) is 0.801. The smallest absolute Gasteiger partial charge is 0.269 e. The van der Waals surface area contributed by atoms with Crippen molar-refractivity contribution in [1.29, 1.82) is 0 Å². The monoisotopic (exact) mass is 479 g/mol. The maximum atomic E-state index is 11.3. The molecule has 3 rings (SSSR count). The lowest BCUT2D eigenvalue weighted by atomic mass is 10.1. The quantitative estimate of drug-likeness (QED) is 0.123. The molecule has 0 aliphatic heterocycles. The Hall–Kier alpha value is -3.82. The standard InChI is InChI=1S/C16H18N4OS.C9H11NO2/c1-18-14(15(17)21)16(19-2)22-10-20-13-8-7-11-5-3-4-6-12(11)9-13;11-6-5-10-9-3-1-8(7-12)2-4-9/h3-9,19-20H,1,10H2,2H3,(H2,17,21);1-4,7,10-11H,5-6H2/b16-14-;. The number of thioether (sulfide) groups is 1. The van der Waals surface area contributed by atoms with E-state index >= 15 is 0 Å². The van der Waals surface area contributed by atoms with Crippen LogP contribution in [0.25, 0.3) is 10.8 Å².